The van der Waals surface area contributed by atoms with E-state index in [2.05, 4.69) is 5.32 Å². The highest BCUT2D eigenvalue weighted by atomic mass is 32.2. The normalized spacial score (nSPS) is 23.3. The van der Waals surface area contributed by atoms with E-state index in [0.717, 1.165) is 17.3 Å². The van der Waals surface area contributed by atoms with Gasteiger partial charge in [-0.25, -0.2) is 0 Å². The van der Waals surface area contributed by atoms with Crippen molar-refractivity contribution in [2.45, 2.75) is 19.6 Å². The van der Waals surface area contributed by atoms with Gasteiger partial charge < -0.3 is 9.47 Å². The Balaban J connectivity index is 1.92. The Bertz CT molecular complexity index is 747. The summed E-state index contributed by atoms with van der Waals surface area (Å²) in [6.07, 6.45) is 4.99. The highest BCUT2D eigenvalue weighted by Gasteiger charge is 2.29. The number of thioether (sulfide) groups is 1. The highest BCUT2D eigenvalue weighted by Crippen LogP contribution is 2.33. The average Bonchev–Trinajstić information content (AvgIpc) is 2.82. The van der Waals surface area contributed by atoms with Crippen molar-refractivity contribution in [1.82, 2.24) is 5.32 Å². The molecule has 0 radical (unpaired) electrons. The number of hydrogen-bond acceptors (Lipinski definition) is 5. The summed E-state index contributed by atoms with van der Waals surface area (Å²) < 4.78 is 11.6. The maximum absolute atomic E-state index is 11.5. The first kappa shape index (κ1) is 15.4. The molecule has 0 bridgehead atoms. The van der Waals surface area contributed by atoms with Crippen LogP contribution in [0, 0.1) is 0 Å². The van der Waals surface area contributed by atoms with Gasteiger partial charge in [0.15, 0.2) is 0 Å². The second kappa shape index (κ2) is 5.96. The Kier molecular flexibility index (Phi) is 4.00. The first-order valence-electron chi connectivity index (χ1n) is 7.03. The van der Waals surface area contributed by atoms with E-state index in [1.807, 2.05) is 44.2 Å². The minimum atomic E-state index is -0.828. The number of nitrogens with one attached hydrogen (secondary N) is 1. The van der Waals surface area contributed by atoms with E-state index < -0.39 is 11.7 Å². The van der Waals surface area contributed by atoms with Crippen LogP contribution in [0.15, 0.2) is 59.2 Å². The van der Waals surface area contributed by atoms with Gasteiger partial charge in [-0.2, -0.15) is 0 Å². The number of imide groups is 1. The molecule has 2 aliphatic heterocycles. The fourth-order valence-corrected chi connectivity index (χ4v) is 2.80. The molecule has 0 aromatic heterocycles. The lowest BCUT2D eigenvalue weighted by Gasteiger charge is -2.33. The van der Waals surface area contributed by atoms with Gasteiger partial charge in [-0.05, 0) is 23.9 Å². The third-order valence-electron chi connectivity index (χ3n) is 3.09. The molecule has 6 heteroatoms. The maximum Gasteiger partial charge on any atom is 0.290 e. The Hall–Kier alpha value is -2.47. The van der Waals surface area contributed by atoms with Gasteiger partial charge in [0.1, 0.15) is 11.5 Å². The lowest BCUT2D eigenvalue weighted by molar-refractivity contribution is -0.149. The number of amides is 2. The number of allylic oxidation sites excluding steroid dienone is 3. The Labute approximate surface area is 138 Å². The van der Waals surface area contributed by atoms with Gasteiger partial charge in [0.25, 0.3) is 11.1 Å². The van der Waals surface area contributed by atoms with E-state index >= 15 is 0 Å². The summed E-state index contributed by atoms with van der Waals surface area (Å²) in [5, 5.41) is 1.84. The van der Waals surface area contributed by atoms with Gasteiger partial charge in [0.2, 0.25) is 5.79 Å². The Morgan fingerprint density at radius 2 is 1.83 bits per heavy atom. The number of benzene rings is 1. The van der Waals surface area contributed by atoms with Crippen molar-refractivity contribution in [2.24, 2.45) is 0 Å². The van der Waals surface area contributed by atoms with Gasteiger partial charge in [-0.3, -0.25) is 14.9 Å². The monoisotopic (exact) mass is 329 g/mol. The first-order valence-corrected chi connectivity index (χ1v) is 7.85. The minimum absolute atomic E-state index is 0.338. The molecule has 1 saturated heterocycles. The van der Waals surface area contributed by atoms with E-state index in [1.54, 1.807) is 18.2 Å². The van der Waals surface area contributed by atoms with Crippen LogP contribution in [0.5, 0.6) is 0 Å². The summed E-state index contributed by atoms with van der Waals surface area (Å²) >= 11 is 0.869. The predicted octanol–water partition coefficient (Wildman–Crippen LogP) is 3.56. The summed E-state index contributed by atoms with van der Waals surface area (Å²) in [4.78, 5) is 23.0. The van der Waals surface area contributed by atoms with Gasteiger partial charge in [-0.15, -0.1) is 0 Å². The molecule has 2 amide bonds. The van der Waals surface area contributed by atoms with Crippen LogP contribution in [0.1, 0.15) is 19.4 Å². The second-order valence-corrected chi connectivity index (χ2v) is 6.44. The Morgan fingerprint density at radius 1 is 1.09 bits per heavy atom. The molecule has 0 saturated carbocycles. The maximum atomic E-state index is 11.5. The summed E-state index contributed by atoms with van der Waals surface area (Å²) in [5.74, 6) is 0.0208. The quantitative estimate of drug-likeness (QED) is 0.841. The zero-order valence-electron chi connectivity index (χ0n) is 12.7. The average molecular weight is 329 g/mol. The van der Waals surface area contributed by atoms with E-state index in [0.29, 0.717) is 16.4 Å². The van der Waals surface area contributed by atoms with Gasteiger partial charge in [0.05, 0.1) is 4.91 Å². The molecule has 1 aromatic rings. The van der Waals surface area contributed by atoms with Crippen molar-refractivity contribution < 1.29 is 19.1 Å². The zero-order valence-corrected chi connectivity index (χ0v) is 13.5. The van der Waals surface area contributed by atoms with Gasteiger partial charge >= 0.3 is 0 Å². The molecule has 2 heterocycles. The summed E-state index contributed by atoms with van der Waals surface area (Å²) in [6, 6.07) is 9.68. The highest BCUT2D eigenvalue weighted by molar-refractivity contribution is 8.18. The van der Waals surface area contributed by atoms with Gasteiger partial charge in [-0.1, -0.05) is 30.3 Å². The minimum Gasteiger partial charge on any atom is -0.453 e. The molecule has 2 aliphatic rings. The standard InChI is InChI=1S/C17H15NO4S/c1-17(2)21-12(8-9-14-15(19)18-16(20)23-14)10-13(22-17)11-6-4-3-5-7-11/h3-10H,1-2H3,(H,18,19,20)/b12-8-,14-9-. The molecule has 118 valence electrons. The number of carbonyl (C=O) groups excluding carboxylic acids is 2. The van der Waals surface area contributed by atoms with E-state index in [9.17, 15) is 9.59 Å². The van der Waals surface area contributed by atoms with Crippen LogP contribution in [0.3, 0.4) is 0 Å². The molecule has 3 rings (SSSR count). The van der Waals surface area contributed by atoms with Crippen molar-refractivity contribution in [1.29, 1.82) is 0 Å². The van der Waals surface area contributed by atoms with Crippen molar-refractivity contribution >= 4 is 28.7 Å². The number of hydrogen-bond donors (Lipinski definition) is 1. The number of carbonyl (C=O) groups is 2. The SMILES string of the molecule is CC1(C)OC(c2ccccc2)=C/C(=C/C=C2\SC(=O)NC2=O)O1. The third kappa shape index (κ3) is 3.65. The van der Waals surface area contributed by atoms with Crippen molar-refractivity contribution in [3.05, 3.63) is 64.8 Å². The molecular formula is C17H15NO4S. The predicted molar refractivity (Wildman–Crippen MR) is 88.0 cm³/mol. The van der Waals surface area contributed by atoms with Crippen LogP contribution in [0.2, 0.25) is 0 Å². The van der Waals surface area contributed by atoms with E-state index in [4.69, 9.17) is 9.47 Å². The van der Waals surface area contributed by atoms with Crippen LogP contribution in [-0.2, 0) is 14.3 Å². The van der Waals surface area contributed by atoms with Crippen LogP contribution in [0.25, 0.3) is 5.76 Å². The largest absolute Gasteiger partial charge is 0.453 e. The van der Waals surface area contributed by atoms with Crippen molar-refractivity contribution in [3.63, 3.8) is 0 Å². The van der Waals surface area contributed by atoms with Gasteiger partial charge in [0, 0.05) is 25.5 Å². The lowest BCUT2D eigenvalue weighted by atomic mass is 10.1. The van der Waals surface area contributed by atoms with Crippen LogP contribution in [0.4, 0.5) is 4.79 Å². The Morgan fingerprint density at radius 3 is 2.48 bits per heavy atom. The smallest absolute Gasteiger partial charge is 0.290 e. The van der Waals surface area contributed by atoms with Crippen LogP contribution >= 0.6 is 11.8 Å². The lowest BCUT2D eigenvalue weighted by Crippen LogP contribution is -2.30. The topological polar surface area (TPSA) is 64.6 Å². The molecule has 0 aliphatic carbocycles. The van der Waals surface area contributed by atoms with Crippen molar-refractivity contribution in [3.8, 4) is 0 Å². The summed E-state index contributed by atoms with van der Waals surface area (Å²) in [7, 11) is 0. The fraction of sp³-hybridized carbons (Fsp3) is 0.176. The second-order valence-electron chi connectivity index (χ2n) is 5.42. The number of rotatable bonds is 2. The third-order valence-corrected chi connectivity index (χ3v) is 3.92. The molecule has 23 heavy (non-hydrogen) atoms. The van der Waals surface area contributed by atoms with Crippen LogP contribution in [-0.4, -0.2) is 16.9 Å². The summed E-state index contributed by atoms with van der Waals surface area (Å²) in [5.41, 5.74) is 0.936. The molecule has 1 aromatic carbocycles. The zero-order chi connectivity index (χ0) is 16.4. The molecule has 1 N–H and O–H groups in total. The van der Waals surface area contributed by atoms with E-state index in [-0.39, 0.29) is 5.24 Å². The molecule has 5 nitrogen and oxygen atoms in total. The van der Waals surface area contributed by atoms with E-state index in [1.165, 1.54) is 0 Å². The number of ether oxygens (including phenoxy) is 2. The molecule has 0 atom stereocenters. The van der Waals surface area contributed by atoms with Crippen molar-refractivity contribution in [2.75, 3.05) is 0 Å². The first-order chi connectivity index (χ1) is 10.9. The van der Waals surface area contributed by atoms with Crippen LogP contribution < -0.4 is 5.32 Å². The molecular weight excluding hydrogens is 314 g/mol. The molecule has 0 unspecified atom stereocenters. The summed E-state index contributed by atoms with van der Waals surface area (Å²) in [6.45, 7) is 3.62. The fourth-order valence-electron chi connectivity index (χ4n) is 2.18. The molecule has 1 fully saturated rings. The molecule has 0 spiro atoms.